The minimum absolute atomic E-state index is 1.03. The molecule has 0 fully saturated rings. The average molecular weight is 312 g/mol. The Balaban J connectivity index is 0. The number of rotatable bonds is 6. The van der Waals surface area contributed by atoms with Crippen molar-refractivity contribution in [2.24, 2.45) is 0 Å². The highest BCUT2D eigenvalue weighted by molar-refractivity contribution is 6.89. The summed E-state index contributed by atoms with van der Waals surface area (Å²) in [6, 6.07) is 0. The lowest BCUT2D eigenvalue weighted by molar-refractivity contribution is 0.163. The highest BCUT2D eigenvalue weighted by Gasteiger charge is 2.32. The summed E-state index contributed by atoms with van der Waals surface area (Å²) >= 11 is 0. The fourth-order valence-corrected chi connectivity index (χ4v) is 12.8. The van der Waals surface area contributed by atoms with Crippen LogP contribution in [0.2, 0.25) is 39.3 Å². The van der Waals surface area contributed by atoms with Gasteiger partial charge in [0.15, 0.2) is 0 Å². The van der Waals surface area contributed by atoms with Crippen molar-refractivity contribution in [3.05, 3.63) is 0 Å². The van der Waals surface area contributed by atoms with Gasteiger partial charge in [0, 0.05) is 21.3 Å². The van der Waals surface area contributed by atoms with E-state index in [1.165, 1.54) is 6.54 Å². The molecule has 0 aliphatic carbocycles. The van der Waals surface area contributed by atoms with E-state index >= 15 is 0 Å². The van der Waals surface area contributed by atoms with Gasteiger partial charge in [0.05, 0.1) is 0 Å². The standard InChI is InChI=1S/C8H23NSi2.C3H10O3Si/c1-8-9(10(2,3)4)11(5,6)7;1-4-7(5-2)6-3/h8H2,1-7H3;7H,1-3H3. The molecule has 0 aromatic rings. The molecule has 0 heterocycles. The van der Waals surface area contributed by atoms with Crippen molar-refractivity contribution >= 4 is 26.0 Å². The maximum atomic E-state index is 4.74. The van der Waals surface area contributed by atoms with Crippen molar-refractivity contribution in [1.82, 2.24) is 4.23 Å². The molecule has 0 bridgehead atoms. The zero-order chi connectivity index (χ0) is 15.0. The summed E-state index contributed by atoms with van der Waals surface area (Å²) in [5, 5.41) is 0. The third-order valence-electron chi connectivity index (χ3n) is 2.51. The minimum Gasteiger partial charge on any atom is -0.379 e. The number of hydrogen-bond acceptors (Lipinski definition) is 4. The fourth-order valence-electron chi connectivity index (χ4n) is 2.24. The van der Waals surface area contributed by atoms with E-state index in [-0.39, 0.29) is 0 Å². The van der Waals surface area contributed by atoms with Gasteiger partial charge in [0.1, 0.15) is 16.5 Å². The van der Waals surface area contributed by atoms with E-state index in [2.05, 4.69) is 50.4 Å². The quantitative estimate of drug-likeness (QED) is 0.706. The molecule has 0 unspecified atom stereocenters. The minimum atomic E-state index is -1.67. The zero-order valence-corrected chi connectivity index (χ0v) is 17.1. The molecule has 0 radical (unpaired) electrons. The zero-order valence-electron chi connectivity index (χ0n) is 14.0. The first-order chi connectivity index (χ1) is 8.04. The summed E-state index contributed by atoms with van der Waals surface area (Å²) in [6.07, 6.45) is 0. The first-order valence-corrected chi connectivity index (χ1v) is 14.7. The van der Waals surface area contributed by atoms with Crippen molar-refractivity contribution in [1.29, 1.82) is 0 Å². The molecule has 0 saturated carbocycles. The summed E-state index contributed by atoms with van der Waals surface area (Å²) in [7, 11) is 0.995. The van der Waals surface area contributed by atoms with Crippen molar-refractivity contribution in [2.75, 3.05) is 27.9 Å². The normalized spacial score (nSPS) is 12.7. The van der Waals surface area contributed by atoms with Gasteiger partial charge in [0.25, 0.3) is 0 Å². The van der Waals surface area contributed by atoms with E-state index in [9.17, 15) is 0 Å². The lowest BCUT2D eigenvalue weighted by Crippen LogP contribution is -2.58. The molecule has 0 atom stereocenters. The van der Waals surface area contributed by atoms with Crippen LogP contribution in [-0.2, 0) is 13.3 Å². The van der Waals surface area contributed by atoms with Crippen LogP contribution in [0.25, 0.3) is 0 Å². The summed E-state index contributed by atoms with van der Waals surface area (Å²) in [5.41, 5.74) is 0. The number of nitrogens with zero attached hydrogens (tertiary/aromatic N) is 1. The van der Waals surface area contributed by atoms with Gasteiger partial charge in [-0.2, -0.15) is 0 Å². The van der Waals surface area contributed by atoms with E-state index in [0.717, 1.165) is 0 Å². The van der Waals surface area contributed by atoms with Crippen molar-refractivity contribution in [3.8, 4) is 0 Å². The highest BCUT2D eigenvalue weighted by atomic mass is 28.4. The van der Waals surface area contributed by atoms with E-state index in [4.69, 9.17) is 13.3 Å². The Morgan fingerprint density at radius 2 is 1.06 bits per heavy atom. The van der Waals surface area contributed by atoms with Crippen molar-refractivity contribution in [2.45, 2.75) is 46.2 Å². The van der Waals surface area contributed by atoms with Gasteiger partial charge in [-0.15, -0.1) is 0 Å². The molecule has 112 valence electrons. The second-order valence-corrected chi connectivity index (χ2v) is 18.3. The maximum absolute atomic E-state index is 4.74. The second kappa shape index (κ2) is 9.40. The summed E-state index contributed by atoms with van der Waals surface area (Å²) in [4.78, 5) is 0. The molecular weight excluding hydrogens is 278 g/mol. The van der Waals surface area contributed by atoms with Crippen molar-refractivity contribution < 1.29 is 13.3 Å². The molecule has 0 aliphatic rings. The Labute approximate surface area is 118 Å². The van der Waals surface area contributed by atoms with Crippen molar-refractivity contribution in [3.63, 3.8) is 0 Å². The van der Waals surface area contributed by atoms with E-state index in [1.807, 2.05) is 0 Å². The Morgan fingerprint density at radius 1 is 0.778 bits per heavy atom. The Hall–Kier alpha value is 0.491. The molecule has 0 aromatic carbocycles. The average Bonchev–Trinajstić information content (AvgIpc) is 2.17. The topological polar surface area (TPSA) is 30.9 Å². The van der Waals surface area contributed by atoms with Gasteiger partial charge in [-0.05, 0) is 6.54 Å². The Bertz CT molecular complexity index is 181. The molecule has 0 saturated heterocycles. The van der Waals surface area contributed by atoms with Crippen LogP contribution >= 0.6 is 0 Å². The third-order valence-corrected chi connectivity index (χ3v) is 11.6. The predicted octanol–water partition coefficient (Wildman–Crippen LogP) is 2.62. The van der Waals surface area contributed by atoms with Crippen LogP contribution in [0.15, 0.2) is 0 Å². The van der Waals surface area contributed by atoms with Gasteiger partial charge < -0.3 is 17.5 Å². The van der Waals surface area contributed by atoms with Gasteiger partial charge in [0.2, 0.25) is 0 Å². The highest BCUT2D eigenvalue weighted by Crippen LogP contribution is 2.18. The summed E-state index contributed by atoms with van der Waals surface area (Å²) in [5.74, 6) is 0. The molecule has 0 aliphatic heterocycles. The maximum Gasteiger partial charge on any atom is 0.483 e. The molecule has 0 aromatic heterocycles. The smallest absolute Gasteiger partial charge is 0.379 e. The van der Waals surface area contributed by atoms with E-state index in [0.29, 0.717) is 0 Å². The second-order valence-electron chi connectivity index (χ2n) is 6.08. The largest absolute Gasteiger partial charge is 0.483 e. The molecule has 0 N–H and O–H groups in total. The van der Waals surface area contributed by atoms with Crippen LogP contribution in [0.5, 0.6) is 0 Å². The number of hydrogen-bond donors (Lipinski definition) is 0. The van der Waals surface area contributed by atoms with Crippen LogP contribution < -0.4 is 0 Å². The van der Waals surface area contributed by atoms with E-state index in [1.54, 1.807) is 21.3 Å². The first-order valence-electron chi connectivity index (χ1n) is 6.40. The van der Waals surface area contributed by atoms with Gasteiger partial charge in [-0.25, -0.2) is 0 Å². The molecular formula is C11H33NO3Si3. The monoisotopic (exact) mass is 311 g/mol. The first kappa shape index (κ1) is 20.8. The molecule has 0 amide bonds. The molecule has 18 heavy (non-hydrogen) atoms. The lowest BCUT2D eigenvalue weighted by Gasteiger charge is -2.42. The molecule has 7 heteroatoms. The van der Waals surface area contributed by atoms with Crippen LogP contribution in [0.4, 0.5) is 0 Å². The molecule has 0 rings (SSSR count). The van der Waals surface area contributed by atoms with Crippen LogP contribution in [-0.4, -0.2) is 58.1 Å². The molecule has 0 spiro atoms. The van der Waals surface area contributed by atoms with Gasteiger partial charge in [-0.1, -0.05) is 46.2 Å². The van der Waals surface area contributed by atoms with Gasteiger partial charge in [-0.3, -0.25) is 0 Å². The Kier molecular flexibility index (Phi) is 10.9. The van der Waals surface area contributed by atoms with Crippen LogP contribution in [0.1, 0.15) is 6.92 Å². The third kappa shape index (κ3) is 9.42. The fraction of sp³-hybridized carbons (Fsp3) is 1.00. The SMILES string of the molecule is CCN([Si](C)(C)C)[Si](C)(C)C.CO[SiH](OC)OC. The Morgan fingerprint density at radius 3 is 1.06 bits per heavy atom. The van der Waals surface area contributed by atoms with Gasteiger partial charge >= 0.3 is 9.53 Å². The van der Waals surface area contributed by atoms with Crippen LogP contribution in [0.3, 0.4) is 0 Å². The summed E-state index contributed by atoms with van der Waals surface area (Å²) in [6.45, 7) is 18.2. The summed E-state index contributed by atoms with van der Waals surface area (Å²) < 4.78 is 17.0. The molecule has 4 nitrogen and oxygen atoms in total. The predicted molar refractivity (Wildman–Crippen MR) is 87.2 cm³/mol. The van der Waals surface area contributed by atoms with Crippen LogP contribution in [0, 0.1) is 0 Å². The van der Waals surface area contributed by atoms with E-state index < -0.39 is 26.0 Å². The lowest BCUT2D eigenvalue weighted by atomic mass is 10.8.